The molecule has 0 unspecified atom stereocenters. The van der Waals surface area contributed by atoms with Gasteiger partial charge in [-0.15, -0.1) is 0 Å². The highest BCUT2D eigenvalue weighted by Crippen LogP contribution is 2.49. The van der Waals surface area contributed by atoms with E-state index in [-0.39, 0.29) is 5.91 Å². The minimum Gasteiger partial charge on any atom is -0.385 e. The number of benzene rings is 1. The van der Waals surface area contributed by atoms with Gasteiger partial charge in [-0.2, -0.15) is 0 Å². The summed E-state index contributed by atoms with van der Waals surface area (Å²) in [5.74, 6) is 2.70. The van der Waals surface area contributed by atoms with Crippen LogP contribution in [0.25, 0.3) is 0 Å². The molecule has 2 bridgehead atoms. The molecule has 1 aromatic rings. The summed E-state index contributed by atoms with van der Waals surface area (Å²) in [5.41, 5.74) is 1.08. The third kappa shape index (κ3) is 3.58. The highest BCUT2D eigenvalue weighted by molar-refractivity contribution is 5.76. The monoisotopic (exact) mass is 286 g/mol. The Morgan fingerprint density at radius 3 is 2.71 bits per heavy atom. The van der Waals surface area contributed by atoms with Crippen LogP contribution in [0.15, 0.2) is 30.3 Å². The number of rotatable bonds is 6. The van der Waals surface area contributed by atoms with Gasteiger partial charge in [0, 0.05) is 24.7 Å². The molecule has 2 N–H and O–H groups in total. The summed E-state index contributed by atoms with van der Waals surface area (Å²) in [6.07, 6.45) is 6.07. The molecule has 3 rings (SSSR count). The van der Waals surface area contributed by atoms with E-state index < -0.39 is 0 Å². The van der Waals surface area contributed by atoms with Crippen LogP contribution in [-0.4, -0.2) is 18.5 Å². The lowest BCUT2D eigenvalue weighted by Gasteiger charge is -2.28. The van der Waals surface area contributed by atoms with Gasteiger partial charge in [0.1, 0.15) is 0 Å². The molecule has 21 heavy (non-hydrogen) atoms. The Hall–Kier alpha value is -1.51. The van der Waals surface area contributed by atoms with Crippen LogP contribution in [-0.2, 0) is 4.79 Å². The van der Waals surface area contributed by atoms with Crippen molar-refractivity contribution in [3.63, 3.8) is 0 Å². The molecule has 0 aliphatic heterocycles. The van der Waals surface area contributed by atoms with Crippen LogP contribution < -0.4 is 10.6 Å². The number of hydrogen-bond donors (Lipinski definition) is 2. The van der Waals surface area contributed by atoms with E-state index in [1.165, 1.54) is 25.7 Å². The lowest BCUT2D eigenvalue weighted by Crippen LogP contribution is -2.40. The van der Waals surface area contributed by atoms with Crippen molar-refractivity contribution >= 4 is 11.6 Å². The van der Waals surface area contributed by atoms with Crippen LogP contribution >= 0.6 is 0 Å². The van der Waals surface area contributed by atoms with Gasteiger partial charge >= 0.3 is 0 Å². The molecule has 114 valence electrons. The van der Waals surface area contributed by atoms with Crippen LogP contribution in [0.4, 0.5) is 5.69 Å². The molecule has 3 heteroatoms. The summed E-state index contributed by atoms with van der Waals surface area (Å²) in [7, 11) is 0. The first kappa shape index (κ1) is 14.4. The van der Waals surface area contributed by atoms with Crippen molar-refractivity contribution in [2.24, 2.45) is 17.8 Å². The summed E-state index contributed by atoms with van der Waals surface area (Å²) >= 11 is 0. The first-order valence-corrected chi connectivity index (χ1v) is 8.30. The second kappa shape index (κ2) is 6.50. The maximum atomic E-state index is 12.1. The smallest absolute Gasteiger partial charge is 0.221 e. The first-order chi connectivity index (χ1) is 10.2. The van der Waals surface area contributed by atoms with Crippen LogP contribution in [0.2, 0.25) is 0 Å². The van der Waals surface area contributed by atoms with Crippen LogP contribution in [0.5, 0.6) is 0 Å². The SMILES string of the molecule is C[C@@H](NC(=O)CCNc1ccccc1)[C@@H]1C[C@H]2CC[C@H]1C2. The number of amides is 1. The molecule has 0 heterocycles. The molecule has 2 aliphatic rings. The Labute approximate surface area is 127 Å². The Morgan fingerprint density at radius 1 is 1.24 bits per heavy atom. The van der Waals surface area contributed by atoms with Gasteiger partial charge in [-0.05, 0) is 56.1 Å². The van der Waals surface area contributed by atoms with Gasteiger partial charge in [0.05, 0.1) is 0 Å². The van der Waals surface area contributed by atoms with E-state index in [0.717, 1.165) is 23.4 Å². The summed E-state index contributed by atoms with van der Waals surface area (Å²) in [6.45, 7) is 2.88. The summed E-state index contributed by atoms with van der Waals surface area (Å²) in [5, 5.41) is 6.50. The van der Waals surface area contributed by atoms with E-state index in [1.54, 1.807) is 0 Å². The fraction of sp³-hybridized carbons (Fsp3) is 0.611. The molecule has 1 aromatic carbocycles. The normalized spacial score (nSPS) is 28.3. The van der Waals surface area contributed by atoms with Crippen LogP contribution in [0, 0.1) is 17.8 Å². The van der Waals surface area contributed by atoms with Gasteiger partial charge in [-0.3, -0.25) is 4.79 Å². The highest BCUT2D eigenvalue weighted by Gasteiger charge is 2.41. The largest absolute Gasteiger partial charge is 0.385 e. The molecular formula is C18H26N2O. The van der Waals surface area contributed by atoms with Crippen molar-refractivity contribution in [2.75, 3.05) is 11.9 Å². The predicted octanol–water partition coefficient (Wildman–Crippen LogP) is 3.43. The number of carbonyl (C=O) groups is 1. The third-order valence-corrected chi connectivity index (χ3v) is 5.28. The Kier molecular flexibility index (Phi) is 4.47. The fourth-order valence-corrected chi connectivity index (χ4v) is 4.22. The zero-order chi connectivity index (χ0) is 14.7. The molecule has 4 atom stereocenters. The van der Waals surface area contributed by atoms with Gasteiger partial charge in [-0.25, -0.2) is 0 Å². The predicted molar refractivity (Wildman–Crippen MR) is 86.1 cm³/mol. The van der Waals surface area contributed by atoms with E-state index in [2.05, 4.69) is 17.6 Å². The fourth-order valence-electron chi connectivity index (χ4n) is 4.22. The van der Waals surface area contributed by atoms with Crippen molar-refractivity contribution in [1.29, 1.82) is 0 Å². The molecule has 1 amide bonds. The summed E-state index contributed by atoms with van der Waals surface area (Å²) in [4.78, 5) is 12.1. The van der Waals surface area contributed by atoms with Crippen molar-refractivity contribution < 1.29 is 4.79 Å². The third-order valence-electron chi connectivity index (χ3n) is 5.28. The standard InChI is InChI=1S/C18H26N2O/c1-13(17-12-14-7-8-15(17)11-14)20-18(21)9-10-19-16-5-3-2-4-6-16/h2-6,13-15,17,19H,7-12H2,1H3,(H,20,21)/t13-,14+,15+,17+/m1/s1. The number of hydrogen-bond acceptors (Lipinski definition) is 2. The van der Waals surface area contributed by atoms with Crippen molar-refractivity contribution in [3.8, 4) is 0 Å². The average Bonchev–Trinajstić information content (AvgIpc) is 3.11. The zero-order valence-electron chi connectivity index (χ0n) is 12.8. The topological polar surface area (TPSA) is 41.1 Å². The van der Waals surface area contributed by atoms with Gasteiger partial charge in [0.2, 0.25) is 5.91 Å². The molecule has 0 radical (unpaired) electrons. The van der Waals surface area contributed by atoms with Gasteiger partial charge in [-0.1, -0.05) is 24.6 Å². The van der Waals surface area contributed by atoms with Gasteiger partial charge in [0.25, 0.3) is 0 Å². The molecule has 3 nitrogen and oxygen atoms in total. The first-order valence-electron chi connectivity index (χ1n) is 8.30. The lowest BCUT2D eigenvalue weighted by atomic mass is 9.84. The van der Waals surface area contributed by atoms with Crippen molar-refractivity contribution in [2.45, 2.75) is 45.1 Å². The molecular weight excluding hydrogens is 260 g/mol. The molecule has 0 aromatic heterocycles. The number of para-hydroxylation sites is 1. The molecule has 2 saturated carbocycles. The van der Waals surface area contributed by atoms with E-state index in [0.29, 0.717) is 19.0 Å². The minimum absolute atomic E-state index is 0.175. The average molecular weight is 286 g/mol. The lowest BCUT2D eigenvalue weighted by molar-refractivity contribution is -0.121. The van der Waals surface area contributed by atoms with Crippen molar-refractivity contribution in [3.05, 3.63) is 30.3 Å². The Morgan fingerprint density at radius 2 is 2.05 bits per heavy atom. The maximum Gasteiger partial charge on any atom is 0.221 e. The van der Waals surface area contributed by atoms with Gasteiger partial charge < -0.3 is 10.6 Å². The Balaban J connectivity index is 1.38. The van der Waals surface area contributed by atoms with E-state index >= 15 is 0 Å². The van der Waals surface area contributed by atoms with E-state index in [1.807, 2.05) is 30.3 Å². The van der Waals surface area contributed by atoms with Crippen LogP contribution in [0.3, 0.4) is 0 Å². The quantitative estimate of drug-likeness (QED) is 0.841. The van der Waals surface area contributed by atoms with E-state index in [4.69, 9.17) is 0 Å². The van der Waals surface area contributed by atoms with Crippen molar-refractivity contribution in [1.82, 2.24) is 5.32 Å². The van der Waals surface area contributed by atoms with E-state index in [9.17, 15) is 4.79 Å². The number of nitrogens with one attached hydrogen (secondary N) is 2. The number of anilines is 1. The second-order valence-electron chi connectivity index (χ2n) is 6.74. The Bertz CT molecular complexity index is 473. The number of carbonyl (C=O) groups excluding carboxylic acids is 1. The maximum absolute atomic E-state index is 12.1. The molecule has 2 aliphatic carbocycles. The second-order valence-corrected chi connectivity index (χ2v) is 6.74. The summed E-state index contributed by atoms with van der Waals surface area (Å²) < 4.78 is 0. The number of fused-ring (bicyclic) bond motifs is 2. The van der Waals surface area contributed by atoms with Gasteiger partial charge in [0.15, 0.2) is 0 Å². The zero-order valence-corrected chi connectivity index (χ0v) is 12.8. The molecule has 0 spiro atoms. The molecule has 0 saturated heterocycles. The highest BCUT2D eigenvalue weighted by atomic mass is 16.1. The minimum atomic E-state index is 0.175. The molecule has 2 fully saturated rings. The van der Waals surface area contributed by atoms with Crippen LogP contribution in [0.1, 0.15) is 39.0 Å². The summed E-state index contributed by atoms with van der Waals surface area (Å²) in [6, 6.07) is 10.4.